The first kappa shape index (κ1) is 16.3. The van der Waals surface area contributed by atoms with Gasteiger partial charge in [0.15, 0.2) is 0 Å². The maximum atomic E-state index is 11.9. The Morgan fingerprint density at radius 2 is 1.95 bits per heavy atom. The van der Waals surface area contributed by atoms with E-state index in [4.69, 9.17) is 10.5 Å². The lowest BCUT2D eigenvalue weighted by atomic mass is 10.0. The molecule has 1 aromatic rings. The highest BCUT2D eigenvalue weighted by Crippen LogP contribution is 2.29. The van der Waals surface area contributed by atoms with Gasteiger partial charge in [-0.1, -0.05) is 32.8 Å². The molecule has 4 nitrogen and oxygen atoms in total. The average Bonchev–Trinajstić information content (AvgIpc) is 2.48. The number of nitrogen functional groups attached to an aromatic ring is 1. The maximum absolute atomic E-state index is 11.9. The fourth-order valence-electron chi connectivity index (χ4n) is 2.43. The monoisotopic (exact) mass is 278 g/mol. The lowest BCUT2D eigenvalue weighted by Gasteiger charge is -2.29. The van der Waals surface area contributed by atoms with E-state index in [0.29, 0.717) is 17.2 Å². The number of anilines is 2. The molecule has 0 atom stereocenters. The highest BCUT2D eigenvalue weighted by molar-refractivity contribution is 5.99. The van der Waals surface area contributed by atoms with Crippen molar-refractivity contribution >= 4 is 17.3 Å². The molecule has 0 aromatic heterocycles. The van der Waals surface area contributed by atoms with Crippen LogP contribution in [0.15, 0.2) is 18.2 Å². The van der Waals surface area contributed by atoms with Crippen molar-refractivity contribution < 1.29 is 9.53 Å². The van der Waals surface area contributed by atoms with Gasteiger partial charge in [-0.25, -0.2) is 4.79 Å². The topological polar surface area (TPSA) is 55.6 Å². The highest BCUT2D eigenvalue weighted by atomic mass is 16.5. The predicted octanol–water partition coefficient (Wildman–Crippen LogP) is 3.32. The van der Waals surface area contributed by atoms with Crippen molar-refractivity contribution in [3.8, 4) is 0 Å². The van der Waals surface area contributed by atoms with Crippen molar-refractivity contribution in [2.75, 3.05) is 30.8 Å². The van der Waals surface area contributed by atoms with Crippen LogP contribution in [0.2, 0.25) is 0 Å². The number of ether oxygens (including phenoxy) is 1. The van der Waals surface area contributed by atoms with E-state index in [2.05, 4.69) is 25.7 Å². The van der Waals surface area contributed by atoms with E-state index >= 15 is 0 Å². The van der Waals surface area contributed by atoms with Gasteiger partial charge in [-0.05, 0) is 25.0 Å². The van der Waals surface area contributed by atoms with E-state index in [1.165, 1.54) is 7.11 Å². The van der Waals surface area contributed by atoms with E-state index in [0.717, 1.165) is 31.6 Å². The molecule has 0 aliphatic carbocycles. The number of para-hydroxylation sites is 1. The molecule has 0 fully saturated rings. The van der Waals surface area contributed by atoms with Gasteiger partial charge in [0, 0.05) is 13.1 Å². The Kier molecular flexibility index (Phi) is 6.36. The second kappa shape index (κ2) is 7.78. The van der Waals surface area contributed by atoms with E-state index < -0.39 is 0 Å². The van der Waals surface area contributed by atoms with Gasteiger partial charge >= 0.3 is 5.97 Å². The number of esters is 1. The van der Waals surface area contributed by atoms with Crippen LogP contribution in [-0.2, 0) is 4.74 Å². The number of hydrogen-bond donors (Lipinski definition) is 1. The minimum atomic E-state index is -0.338. The summed E-state index contributed by atoms with van der Waals surface area (Å²) in [4.78, 5) is 14.1. The van der Waals surface area contributed by atoms with Gasteiger partial charge in [-0.3, -0.25) is 0 Å². The molecule has 20 heavy (non-hydrogen) atoms. The van der Waals surface area contributed by atoms with Crippen molar-refractivity contribution in [3.63, 3.8) is 0 Å². The van der Waals surface area contributed by atoms with Crippen LogP contribution in [0.5, 0.6) is 0 Å². The molecule has 0 radical (unpaired) electrons. The molecule has 0 heterocycles. The molecule has 1 rings (SSSR count). The first-order chi connectivity index (χ1) is 9.58. The smallest absolute Gasteiger partial charge is 0.340 e. The number of rotatable bonds is 7. The van der Waals surface area contributed by atoms with Gasteiger partial charge in [-0.2, -0.15) is 0 Å². The molecular formula is C16H26N2O2. The molecule has 4 heteroatoms. The number of nitrogens with zero attached hydrogens (tertiary/aromatic N) is 1. The van der Waals surface area contributed by atoms with Crippen LogP contribution in [0.3, 0.4) is 0 Å². The van der Waals surface area contributed by atoms with Crippen LogP contribution in [0.25, 0.3) is 0 Å². The third-order valence-electron chi connectivity index (χ3n) is 3.80. The summed E-state index contributed by atoms with van der Waals surface area (Å²) in [5.74, 6) is 0.260. The minimum absolute atomic E-state index is 0.338. The molecule has 112 valence electrons. The van der Waals surface area contributed by atoms with Crippen LogP contribution in [0.4, 0.5) is 11.4 Å². The van der Waals surface area contributed by atoms with Gasteiger partial charge in [0.2, 0.25) is 0 Å². The Morgan fingerprint density at radius 3 is 2.45 bits per heavy atom. The van der Waals surface area contributed by atoms with Gasteiger partial charge in [0.25, 0.3) is 0 Å². The molecule has 0 saturated heterocycles. The number of carbonyl (C=O) groups is 1. The summed E-state index contributed by atoms with van der Waals surface area (Å²) in [5.41, 5.74) is 8.07. The zero-order valence-electron chi connectivity index (χ0n) is 13.0. The van der Waals surface area contributed by atoms with Gasteiger partial charge < -0.3 is 15.4 Å². The summed E-state index contributed by atoms with van der Waals surface area (Å²) in [6.45, 7) is 8.18. The van der Waals surface area contributed by atoms with E-state index in [-0.39, 0.29) is 5.97 Å². The summed E-state index contributed by atoms with van der Waals surface area (Å²) in [6.07, 6.45) is 2.24. The molecule has 0 amide bonds. The number of hydrogen-bond acceptors (Lipinski definition) is 4. The minimum Gasteiger partial charge on any atom is -0.465 e. The Morgan fingerprint density at radius 1 is 1.30 bits per heavy atom. The summed E-state index contributed by atoms with van der Waals surface area (Å²) >= 11 is 0. The van der Waals surface area contributed by atoms with Gasteiger partial charge in [0.05, 0.1) is 24.0 Å². The van der Waals surface area contributed by atoms with Crippen molar-refractivity contribution in [1.29, 1.82) is 0 Å². The Balaban J connectivity index is 3.16. The zero-order valence-corrected chi connectivity index (χ0v) is 13.0. The van der Waals surface area contributed by atoms with Gasteiger partial charge in [0.1, 0.15) is 0 Å². The molecule has 0 aliphatic heterocycles. The third-order valence-corrected chi connectivity index (χ3v) is 3.80. The Hall–Kier alpha value is -1.71. The lowest BCUT2D eigenvalue weighted by molar-refractivity contribution is 0.0601. The highest BCUT2D eigenvalue weighted by Gasteiger charge is 2.20. The first-order valence-corrected chi connectivity index (χ1v) is 7.30. The molecule has 2 N–H and O–H groups in total. The van der Waals surface area contributed by atoms with Crippen LogP contribution >= 0.6 is 0 Å². The fourth-order valence-corrected chi connectivity index (χ4v) is 2.43. The van der Waals surface area contributed by atoms with E-state index in [1.54, 1.807) is 12.1 Å². The standard InChI is InChI=1S/C16H26N2O2/c1-5-12(6-2)11-18(7-3)15-13(16(19)20-4)9-8-10-14(15)17/h8-10,12H,5-7,11,17H2,1-4H3. The largest absolute Gasteiger partial charge is 0.465 e. The van der Waals surface area contributed by atoms with Gasteiger partial charge in [-0.15, -0.1) is 0 Å². The SMILES string of the molecule is CCC(CC)CN(CC)c1c(N)cccc1C(=O)OC. The average molecular weight is 278 g/mol. The maximum Gasteiger partial charge on any atom is 0.340 e. The number of methoxy groups -OCH3 is 1. The predicted molar refractivity (Wildman–Crippen MR) is 84.2 cm³/mol. The second-order valence-corrected chi connectivity index (χ2v) is 4.96. The molecule has 0 unspecified atom stereocenters. The quantitative estimate of drug-likeness (QED) is 0.614. The zero-order chi connectivity index (χ0) is 15.1. The van der Waals surface area contributed by atoms with Crippen molar-refractivity contribution in [1.82, 2.24) is 0 Å². The summed E-state index contributed by atoms with van der Waals surface area (Å²) in [7, 11) is 1.40. The lowest BCUT2D eigenvalue weighted by Crippen LogP contribution is -2.31. The fraction of sp³-hybridized carbons (Fsp3) is 0.562. The normalized spacial score (nSPS) is 10.7. The van der Waals surface area contributed by atoms with Crippen LogP contribution in [0.1, 0.15) is 44.0 Å². The van der Waals surface area contributed by atoms with Crippen LogP contribution in [0, 0.1) is 5.92 Å². The van der Waals surface area contributed by atoms with Crippen LogP contribution < -0.4 is 10.6 Å². The van der Waals surface area contributed by atoms with Crippen molar-refractivity contribution in [2.45, 2.75) is 33.6 Å². The van der Waals surface area contributed by atoms with Crippen LogP contribution in [-0.4, -0.2) is 26.2 Å². The van der Waals surface area contributed by atoms with E-state index in [9.17, 15) is 4.79 Å². The molecule has 1 aromatic carbocycles. The van der Waals surface area contributed by atoms with E-state index in [1.807, 2.05) is 6.07 Å². The summed E-state index contributed by atoms with van der Waals surface area (Å²) in [6, 6.07) is 5.39. The van der Waals surface area contributed by atoms with Crippen molar-refractivity contribution in [3.05, 3.63) is 23.8 Å². The number of nitrogens with two attached hydrogens (primary N) is 1. The number of carbonyl (C=O) groups excluding carboxylic acids is 1. The molecule has 0 saturated carbocycles. The molecular weight excluding hydrogens is 252 g/mol. The molecule has 0 aliphatic rings. The Bertz CT molecular complexity index is 442. The second-order valence-electron chi connectivity index (χ2n) is 4.96. The molecule has 0 spiro atoms. The third kappa shape index (κ3) is 3.65. The first-order valence-electron chi connectivity index (χ1n) is 7.30. The number of benzene rings is 1. The van der Waals surface area contributed by atoms with Crippen molar-refractivity contribution in [2.24, 2.45) is 5.92 Å². The summed E-state index contributed by atoms with van der Waals surface area (Å²) < 4.78 is 4.86. The molecule has 0 bridgehead atoms. The Labute approximate surface area is 121 Å². The summed E-state index contributed by atoms with van der Waals surface area (Å²) in [5, 5.41) is 0.